The fourth-order valence-corrected chi connectivity index (χ4v) is 1.73. The lowest BCUT2D eigenvalue weighted by Crippen LogP contribution is -1.91. The second-order valence-electron chi connectivity index (χ2n) is 3.09. The zero-order valence-corrected chi connectivity index (χ0v) is 10.7. The van der Waals surface area contributed by atoms with Crippen LogP contribution in [0.4, 0.5) is 5.69 Å². The number of rotatable bonds is 3. The van der Waals surface area contributed by atoms with Crippen molar-refractivity contribution in [2.24, 2.45) is 5.10 Å². The normalized spacial score (nSPS) is 11.0. The molecule has 0 saturated carbocycles. The summed E-state index contributed by atoms with van der Waals surface area (Å²) in [5.41, 5.74) is 4.00. The molecule has 1 aromatic carbocycles. The maximum Gasteiger partial charge on any atom is 0.161 e. The molecule has 0 aliphatic heterocycles. The third-order valence-corrected chi connectivity index (χ3v) is 2.87. The van der Waals surface area contributed by atoms with Gasteiger partial charge in [-0.25, -0.2) is 0 Å². The molecule has 17 heavy (non-hydrogen) atoms. The number of halogens is 3. The van der Waals surface area contributed by atoms with E-state index in [2.05, 4.69) is 20.7 Å². The van der Waals surface area contributed by atoms with Crippen LogP contribution in [0.5, 0.6) is 0 Å². The molecule has 0 saturated heterocycles. The number of benzene rings is 1. The first kappa shape index (κ1) is 12.2. The Labute approximate surface area is 113 Å². The van der Waals surface area contributed by atoms with Crippen LogP contribution in [0.25, 0.3) is 0 Å². The van der Waals surface area contributed by atoms with Gasteiger partial charge in [0.1, 0.15) is 5.15 Å². The van der Waals surface area contributed by atoms with Gasteiger partial charge in [0.25, 0.3) is 0 Å². The largest absolute Gasteiger partial charge is 0.277 e. The fourth-order valence-electron chi connectivity index (χ4n) is 1.14. The first-order chi connectivity index (χ1) is 8.18. The van der Waals surface area contributed by atoms with Crippen molar-refractivity contribution in [3.8, 4) is 0 Å². The van der Waals surface area contributed by atoms with Crippen molar-refractivity contribution in [2.75, 3.05) is 5.43 Å². The summed E-state index contributed by atoms with van der Waals surface area (Å²) in [5.74, 6) is 0. The summed E-state index contributed by atoms with van der Waals surface area (Å²) in [6.07, 6.45) is 1.47. The summed E-state index contributed by atoms with van der Waals surface area (Å²) in [7, 11) is 0. The van der Waals surface area contributed by atoms with Gasteiger partial charge in [0, 0.05) is 0 Å². The number of aromatic nitrogens is 2. The van der Waals surface area contributed by atoms with Gasteiger partial charge in [-0.3, -0.25) is 10.5 Å². The van der Waals surface area contributed by atoms with Crippen LogP contribution in [0.2, 0.25) is 15.3 Å². The average molecular weight is 290 g/mol. The smallest absolute Gasteiger partial charge is 0.161 e. The van der Waals surface area contributed by atoms with Crippen LogP contribution in [-0.2, 0) is 0 Å². The van der Waals surface area contributed by atoms with Gasteiger partial charge in [-0.05, 0) is 12.1 Å². The molecule has 2 aromatic rings. The molecule has 0 fully saturated rings. The summed E-state index contributed by atoms with van der Waals surface area (Å²) in [5, 5.41) is 11.4. The van der Waals surface area contributed by atoms with Crippen molar-refractivity contribution >= 4 is 46.7 Å². The predicted molar refractivity (Wildman–Crippen MR) is 71.3 cm³/mol. The number of nitrogens with one attached hydrogen (secondary N) is 2. The van der Waals surface area contributed by atoms with Crippen LogP contribution in [0.1, 0.15) is 5.56 Å². The van der Waals surface area contributed by atoms with Gasteiger partial charge >= 0.3 is 0 Å². The molecule has 0 atom stereocenters. The number of hydrazone groups is 1. The van der Waals surface area contributed by atoms with Crippen molar-refractivity contribution in [1.29, 1.82) is 0 Å². The minimum absolute atomic E-state index is 0.264. The van der Waals surface area contributed by atoms with E-state index in [0.717, 1.165) is 0 Å². The highest BCUT2D eigenvalue weighted by Crippen LogP contribution is 2.21. The van der Waals surface area contributed by atoms with Gasteiger partial charge in [-0.2, -0.15) is 10.2 Å². The molecule has 88 valence electrons. The molecule has 1 aromatic heterocycles. The zero-order chi connectivity index (χ0) is 12.3. The molecule has 1 heterocycles. The predicted octanol–water partition coefficient (Wildman–Crippen LogP) is 3.82. The van der Waals surface area contributed by atoms with E-state index >= 15 is 0 Å². The van der Waals surface area contributed by atoms with Crippen LogP contribution in [-0.4, -0.2) is 16.4 Å². The van der Waals surface area contributed by atoms with Crippen molar-refractivity contribution in [2.45, 2.75) is 0 Å². The number of nitrogens with zero attached hydrogens (tertiary/aromatic N) is 2. The third kappa shape index (κ3) is 2.91. The Morgan fingerprint density at radius 3 is 2.65 bits per heavy atom. The van der Waals surface area contributed by atoms with Gasteiger partial charge < -0.3 is 0 Å². The average Bonchev–Trinajstić information content (AvgIpc) is 2.63. The van der Waals surface area contributed by atoms with Crippen molar-refractivity contribution in [1.82, 2.24) is 10.2 Å². The molecule has 0 spiro atoms. The SMILES string of the molecule is Clc1ccccc1NN=Cc1c(Cl)n[nH]c1Cl. The molecule has 7 heteroatoms. The maximum absolute atomic E-state index is 5.94. The van der Waals surface area contributed by atoms with Crippen LogP contribution < -0.4 is 5.43 Å². The monoisotopic (exact) mass is 288 g/mol. The van der Waals surface area contributed by atoms with E-state index in [1.54, 1.807) is 12.1 Å². The Bertz CT molecular complexity index is 531. The minimum atomic E-state index is 0.264. The van der Waals surface area contributed by atoms with E-state index < -0.39 is 0 Å². The molecule has 2 N–H and O–H groups in total. The van der Waals surface area contributed by atoms with E-state index in [9.17, 15) is 0 Å². The van der Waals surface area contributed by atoms with E-state index in [1.807, 2.05) is 12.1 Å². The number of hydrogen-bond acceptors (Lipinski definition) is 3. The third-order valence-electron chi connectivity index (χ3n) is 1.96. The van der Waals surface area contributed by atoms with Gasteiger partial charge in [0.05, 0.1) is 22.5 Å². The van der Waals surface area contributed by atoms with Crippen molar-refractivity contribution in [3.63, 3.8) is 0 Å². The molecule has 0 unspecified atom stereocenters. The standard InChI is InChI=1S/C10H7Cl3N4/c11-7-3-1-2-4-8(7)15-14-5-6-9(12)16-17-10(6)13/h1-5,15H,(H,16,17). The summed E-state index contributed by atoms with van der Waals surface area (Å²) >= 11 is 17.5. The molecule has 2 rings (SSSR count). The Kier molecular flexibility index (Phi) is 3.89. The van der Waals surface area contributed by atoms with Crippen LogP contribution in [0.15, 0.2) is 29.4 Å². The van der Waals surface area contributed by atoms with Crippen LogP contribution >= 0.6 is 34.8 Å². The Balaban J connectivity index is 2.11. The minimum Gasteiger partial charge on any atom is -0.277 e. The van der Waals surface area contributed by atoms with E-state index in [-0.39, 0.29) is 5.15 Å². The van der Waals surface area contributed by atoms with Crippen molar-refractivity contribution in [3.05, 3.63) is 45.2 Å². The number of aromatic amines is 1. The summed E-state index contributed by atoms with van der Waals surface area (Å²) in [6.45, 7) is 0. The number of H-pyrrole nitrogens is 1. The zero-order valence-electron chi connectivity index (χ0n) is 8.42. The molecule has 0 bridgehead atoms. The van der Waals surface area contributed by atoms with Gasteiger partial charge in [0.15, 0.2) is 5.15 Å². The Morgan fingerprint density at radius 2 is 2.00 bits per heavy atom. The molecular formula is C10H7Cl3N4. The first-order valence-electron chi connectivity index (χ1n) is 4.61. The van der Waals surface area contributed by atoms with E-state index in [0.29, 0.717) is 21.4 Å². The number of para-hydroxylation sites is 1. The van der Waals surface area contributed by atoms with E-state index in [1.165, 1.54) is 6.21 Å². The second-order valence-corrected chi connectivity index (χ2v) is 4.24. The lowest BCUT2D eigenvalue weighted by atomic mass is 10.3. The lowest BCUT2D eigenvalue weighted by molar-refractivity contribution is 1.09. The molecule has 0 aliphatic carbocycles. The highest BCUT2D eigenvalue weighted by atomic mass is 35.5. The van der Waals surface area contributed by atoms with Crippen molar-refractivity contribution < 1.29 is 0 Å². The van der Waals surface area contributed by atoms with Crippen LogP contribution in [0.3, 0.4) is 0 Å². The first-order valence-corrected chi connectivity index (χ1v) is 5.75. The Morgan fingerprint density at radius 1 is 1.24 bits per heavy atom. The Hall–Kier alpha value is -1.23. The summed E-state index contributed by atoms with van der Waals surface area (Å²) in [6, 6.07) is 7.25. The van der Waals surface area contributed by atoms with Gasteiger partial charge in [-0.1, -0.05) is 46.9 Å². The van der Waals surface area contributed by atoms with E-state index in [4.69, 9.17) is 34.8 Å². The summed E-state index contributed by atoms with van der Waals surface area (Å²) in [4.78, 5) is 0. The molecule has 0 amide bonds. The van der Waals surface area contributed by atoms with Gasteiger partial charge in [0.2, 0.25) is 0 Å². The molecule has 4 nitrogen and oxygen atoms in total. The topological polar surface area (TPSA) is 53.1 Å². The highest BCUT2D eigenvalue weighted by molar-refractivity contribution is 6.37. The lowest BCUT2D eigenvalue weighted by Gasteiger charge is -2.01. The summed E-state index contributed by atoms with van der Waals surface area (Å²) < 4.78 is 0. The number of anilines is 1. The van der Waals surface area contributed by atoms with Gasteiger partial charge in [-0.15, -0.1) is 0 Å². The highest BCUT2D eigenvalue weighted by Gasteiger charge is 2.06. The molecule has 0 radical (unpaired) electrons. The fraction of sp³-hybridized carbons (Fsp3) is 0. The number of hydrogen-bond donors (Lipinski definition) is 2. The quantitative estimate of drug-likeness (QED) is 0.667. The van der Waals surface area contributed by atoms with Crippen LogP contribution in [0, 0.1) is 0 Å². The second kappa shape index (κ2) is 5.40. The molecular weight excluding hydrogens is 282 g/mol. The molecule has 0 aliphatic rings. The maximum atomic E-state index is 5.94.